The monoisotopic (exact) mass is 334 g/mol. The Bertz CT molecular complexity index is 717. The van der Waals surface area contributed by atoms with Crippen LogP contribution in [0.15, 0.2) is 22.3 Å². The van der Waals surface area contributed by atoms with E-state index < -0.39 is 0 Å². The Labute approximate surface area is 139 Å². The van der Waals surface area contributed by atoms with Crippen LogP contribution in [-0.4, -0.2) is 26.8 Å². The summed E-state index contributed by atoms with van der Waals surface area (Å²) in [5, 5.41) is 9.43. The van der Waals surface area contributed by atoms with E-state index in [1.165, 1.54) is 9.56 Å². The molecule has 124 valence electrons. The minimum absolute atomic E-state index is 0.0329. The fourth-order valence-corrected chi connectivity index (χ4v) is 3.71. The van der Waals surface area contributed by atoms with Crippen molar-refractivity contribution in [1.29, 1.82) is 0 Å². The predicted molar refractivity (Wildman–Crippen MR) is 89.6 cm³/mol. The van der Waals surface area contributed by atoms with Gasteiger partial charge < -0.3 is 5.32 Å². The van der Waals surface area contributed by atoms with Gasteiger partial charge in [0.2, 0.25) is 5.91 Å². The van der Waals surface area contributed by atoms with E-state index in [4.69, 9.17) is 0 Å². The van der Waals surface area contributed by atoms with Crippen molar-refractivity contribution >= 4 is 17.2 Å². The zero-order chi connectivity index (χ0) is 16.2. The summed E-state index contributed by atoms with van der Waals surface area (Å²) >= 11 is 1.71. The van der Waals surface area contributed by atoms with Gasteiger partial charge in [-0.1, -0.05) is 6.07 Å². The van der Waals surface area contributed by atoms with E-state index in [9.17, 15) is 9.59 Å². The van der Waals surface area contributed by atoms with Crippen LogP contribution in [-0.2, 0) is 30.7 Å². The summed E-state index contributed by atoms with van der Waals surface area (Å²) in [6, 6.07) is 4.11. The normalized spacial score (nSPS) is 17.5. The highest BCUT2D eigenvalue weighted by molar-refractivity contribution is 7.09. The molecule has 1 unspecified atom stereocenters. The highest BCUT2D eigenvalue weighted by Gasteiger charge is 2.24. The molecule has 0 radical (unpaired) electrons. The van der Waals surface area contributed by atoms with Crippen LogP contribution in [0.25, 0.3) is 0 Å². The standard InChI is InChI=1S/C16H22N4O2S/c1-2-20-16(22)19-10-8-12(5-6-14(19)18-20)15(21)17-9-7-13-4-3-11-23-13/h3-4,11-12H,2,5-10H2,1H3,(H,17,21). The minimum Gasteiger partial charge on any atom is -0.356 e. The topological polar surface area (TPSA) is 68.9 Å². The summed E-state index contributed by atoms with van der Waals surface area (Å²) < 4.78 is 3.22. The SMILES string of the molecule is CCn1nc2n(c1=O)CCC(C(=O)NCCc1cccs1)CC2. The number of nitrogens with one attached hydrogen (secondary N) is 1. The Balaban J connectivity index is 1.54. The van der Waals surface area contributed by atoms with Crippen LogP contribution in [0.1, 0.15) is 30.5 Å². The lowest BCUT2D eigenvalue weighted by Crippen LogP contribution is -2.33. The molecular formula is C16H22N4O2S. The van der Waals surface area contributed by atoms with Gasteiger partial charge in [-0.3, -0.25) is 9.36 Å². The minimum atomic E-state index is -0.0544. The molecule has 1 atom stereocenters. The maximum atomic E-state index is 12.3. The molecule has 0 bridgehead atoms. The number of hydrogen-bond acceptors (Lipinski definition) is 4. The molecule has 0 aromatic carbocycles. The van der Waals surface area contributed by atoms with Crippen molar-refractivity contribution in [1.82, 2.24) is 19.7 Å². The van der Waals surface area contributed by atoms with Gasteiger partial charge in [-0.15, -0.1) is 11.3 Å². The number of rotatable bonds is 5. The summed E-state index contributed by atoms with van der Waals surface area (Å²) in [6.07, 6.45) is 3.02. The van der Waals surface area contributed by atoms with E-state index >= 15 is 0 Å². The number of carbonyl (C=O) groups excluding carboxylic acids is 1. The molecule has 1 N–H and O–H groups in total. The van der Waals surface area contributed by atoms with Gasteiger partial charge in [-0.2, -0.15) is 5.10 Å². The van der Waals surface area contributed by atoms with Crippen molar-refractivity contribution in [3.63, 3.8) is 0 Å². The molecule has 0 aliphatic carbocycles. The lowest BCUT2D eigenvalue weighted by molar-refractivity contribution is -0.125. The fourth-order valence-electron chi connectivity index (χ4n) is 3.00. The maximum Gasteiger partial charge on any atom is 0.345 e. The molecule has 1 aliphatic heterocycles. The third-order valence-corrected chi connectivity index (χ3v) is 5.27. The first kappa shape index (κ1) is 16.0. The second kappa shape index (κ2) is 7.12. The predicted octanol–water partition coefficient (Wildman–Crippen LogP) is 1.44. The van der Waals surface area contributed by atoms with Crippen molar-refractivity contribution in [3.8, 4) is 0 Å². The van der Waals surface area contributed by atoms with Gasteiger partial charge in [0.15, 0.2) is 0 Å². The Morgan fingerprint density at radius 2 is 2.35 bits per heavy atom. The average molecular weight is 334 g/mol. The second-order valence-corrected chi connectivity index (χ2v) is 6.84. The van der Waals surface area contributed by atoms with Crippen molar-refractivity contribution in [2.75, 3.05) is 6.54 Å². The van der Waals surface area contributed by atoms with Gasteiger partial charge in [0, 0.05) is 36.9 Å². The molecule has 7 heteroatoms. The smallest absolute Gasteiger partial charge is 0.345 e. The summed E-state index contributed by atoms with van der Waals surface area (Å²) in [5.41, 5.74) is -0.0544. The van der Waals surface area contributed by atoms with Crippen LogP contribution in [0, 0.1) is 5.92 Å². The maximum absolute atomic E-state index is 12.3. The Morgan fingerprint density at radius 3 is 3.09 bits per heavy atom. The number of thiophene rings is 1. The Kier molecular flexibility index (Phi) is 4.95. The Morgan fingerprint density at radius 1 is 1.48 bits per heavy atom. The molecule has 0 spiro atoms. The van der Waals surface area contributed by atoms with Gasteiger partial charge in [0.1, 0.15) is 5.82 Å². The first-order valence-corrected chi connectivity index (χ1v) is 9.03. The summed E-state index contributed by atoms with van der Waals surface area (Å²) in [7, 11) is 0. The fraction of sp³-hybridized carbons (Fsp3) is 0.562. The number of fused-ring (bicyclic) bond motifs is 1. The molecule has 0 fully saturated rings. The molecule has 3 rings (SSSR count). The van der Waals surface area contributed by atoms with Gasteiger partial charge in [-0.05, 0) is 37.6 Å². The van der Waals surface area contributed by atoms with Crippen molar-refractivity contribution in [2.24, 2.45) is 5.92 Å². The average Bonchev–Trinajstić information content (AvgIpc) is 3.10. The quantitative estimate of drug-likeness (QED) is 0.899. The van der Waals surface area contributed by atoms with E-state index in [1.807, 2.05) is 18.4 Å². The lowest BCUT2D eigenvalue weighted by Gasteiger charge is -2.13. The third kappa shape index (κ3) is 3.55. The first-order valence-electron chi connectivity index (χ1n) is 8.15. The number of nitrogens with zero attached hydrogens (tertiary/aromatic N) is 3. The third-order valence-electron chi connectivity index (χ3n) is 4.34. The second-order valence-electron chi connectivity index (χ2n) is 5.81. The first-order chi connectivity index (χ1) is 11.2. The molecule has 1 aliphatic rings. The molecule has 2 aromatic heterocycles. The molecule has 0 saturated heterocycles. The van der Waals surface area contributed by atoms with Gasteiger partial charge in [0.05, 0.1) is 0 Å². The summed E-state index contributed by atoms with van der Waals surface area (Å²) in [6.45, 7) is 3.75. The lowest BCUT2D eigenvalue weighted by atomic mass is 9.99. The number of aromatic nitrogens is 3. The van der Waals surface area contributed by atoms with Gasteiger partial charge in [-0.25, -0.2) is 9.48 Å². The molecule has 23 heavy (non-hydrogen) atoms. The van der Waals surface area contributed by atoms with Crippen LogP contribution in [0.2, 0.25) is 0 Å². The summed E-state index contributed by atoms with van der Waals surface area (Å²) in [5.74, 6) is 0.878. The van der Waals surface area contributed by atoms with Crippen LogP contribution in [0.5, 0.6) is 0 Å². The Hall–Kier alpha value is -1.89. The number of hydrogen-bond donors (Lipinski definition) is 1. The van der Waals surface area contributed by atoms with Crippen molar-refractivity contribution in [3.05, 3.63) is 38.7 Å². The molecule has 1 amide bonds. The van der Waals surface area contributed by atoms with Crippen LogP contribution < -0.4 is 11.0 Å². The number of aryl methyl sites for hydroxylation is 2. The van der Waals surface area contributed by atoms with Crippen LogP contribution >= 0.6 is 11.3 Å². The van der Waals surface area contributed by atoms with E-state index in [0.717, 1.165) is 18.7 Å². The van der Waals surface area contributed by atoms with Gasteiger partial charge >= 0.3 is 5.69 Å². The largest absolute Gasteiger partial charge is 0.356 e. The summed E-state index contributed by atoms with van der Waals surface area (Å²) in [4.78, 5) is 25.8. The van der Waals surface area contributed by atoms with Crippen molar-refractivity contribution in [2.45, 2.75) is 45.7 Å². The van der Waals surface area contributed by atoms with Crippen LogP contribution in [0.3, 0.4) is 0 Å². The van der Waals surface area contributed by atoms with E-state index in [1.54, 1.807) is 15.9 Å². The van der Waals surface area contributed by atoms with Gasteiger partial charge in [0.25, 0.3) is 0 Å². The molecule has 0 saturated carbocycles. The number of carbonyl (C=O) groups is 1. The highest BCUT2D eigenvalue weighted by Crippen LogP contribution is 2.18. The van der Waals surface area contributed by atoms with Crippen molar-refractivity contribution < 1.29 is 4.79 Å². The highest BCUT2D eigenvalue weighted by atomic mass is 32.1. The zero-order valence-electron chi connectivity index (χ0n) is 13.3. The van der Waals surface area contributed by atoms with Crippen LogP contribution in [0.4, 0.5) is 0 Å². The van der Waals surface area contributed by atoms with E-state index in [0.29, 0.717) is 32.5 Å². The zero-order valence-corrected chi connectivity index (χ0v) is 14.1. The van der Waals surface area contributed by atoms with E-state index in [-0.39, 0.29) is 17.5 Å². The molecule has 2 aromatic rings. The number of amides is 1. The molecule has 3 heterocycles. The molecule has 6 nitrogen and oxygen atoms in total. The van der Waals surface area contributed by atoms with E-state index in [2.05, 4.69) is 16.5 Å². The molecular weight excluding hydrogens is 312 g/mol.